The highest BCUT2D eigenvalue weighted by molar-refractivity contribution is 6.03. The SMILES string of the molecule is CCOC(=O)C(C)(C)C(=O)CN(C)CC1CCN(C)C1. The summed E-state index contributed by atoms with van der Waals surface area (Å²) in [6, 6.07) is 0. The summed E-state index contributed by atoms with van der Waals surface area (Å²) in [6.07, 6.45) is 1.18. The van der Waals surface area contributed by atoms with Crippen molar-refractivity contribution in [1.29, 1.82) is 0 Å². The smallest absolute Gasteiger partial charge is 0.319 e. The largest absolute Gasteiger partial charge is 0.465 e. The van der Waals surface area contributed by atoms with E-state index in [1.54, 1.807) is 20.8 Å². The van der Waals surface area contributed by atoms with E-state index in [1.165, 1.54) is 6.42 Å². The van der Waals surface area contributed by atoms with E-state index in [-0.39, 0.29) is 5.78 Å². The maximum absolute atomic E-state index is 12.3. The fraction of sp³-hybridized carbons (Fsp3) is 0.867. The third-order valence-corrected chi connectivity index (χ3v) is 3.96. The van der Waals surface area contributed by atoms with Gasteiger partial charge in [0.1, 0.15) is 5.41 Å². The number of nitrogens with zero attached hydrogens (tertiary/aromatic N) is 2. The molecule has 1 fully saturated rings. The minimum Gasteiger partial charge on any atom is -0.465 e. The van der Waals surface area contributed by atoms with Gasteiger partial charge >= 0.3 is 5.97 Å². The molecule has 0 N–H and O–H groups in total. The molecular weight excluding hydrogens is 256 g/mol. The molecule has 0 radical (unpaired) electrons. The quantitative estimate of drug-likeness (QED) is 0.516. The van der Waals surface area contributed by atoms with E-state index in [2.05, 4.69) is 11.9 Å². The number of ketones is 1. The molecule has 1 aliphatic rings. The van der Waals surface area contributed by atoms with Gasteiger partial charge in [0.2, 0.25) is 0 Å². The maximum Gasteiger partial charge on any atom is 0.319 e. The number of hydrogen-bond donors (Lipinski definition) is 0. The molecule has 116 valence electrons. The summed E-state index contributed by atoms with van der Waals surface area (Å²) in [6.45, 7) is 8.75. The van der Waals surface area contributed by atoms with Crippen LogP contribution in [0.1, 0.15) is 27.2 Å². The Bertz CT molecular complexity index is 355. The highest BCUT2D eigenvalue weighted by atomic mass is 16.5. The minimum atomic E-state index is -1.06. The summed E-state index contributed by atoms with van der Waals surface area (Å²) >= 11 is 0. The van der Waals surface area contributed by atoms with E-state index in [9.17, 15) is 9.59 Å². The first-order valence-electron chi connectivity index (χ1n) is 7.35. The first-order chi connectivity index (χ1) is 9.27. The molecule has 1 aliphatic heterocycles. The average molecular weight is 284 g/mol. The molecular formula is C15H28N2O3. The van der Waals surface area contributed by atoms with Gasteiger partial charge in [0.05, 0.1) is 13.2 Å². The van der Waals surface area contributed by atoms with Gasteiger partial charge in [-0.25, -0.2) is 0 Å². The Morgan fingerprint density at radius 2 is 2.05 bits per heavy atom. The van der Waals surface area contributed by atoms with Crippen molar-refractivity contribution in [3.05, 3.63) is 0 Å². The summed E-state index contributed by atoms with van der Waals surface area (Å²) in [5, 5.41) is 0. The van der Waals surface area contributed by atoms with Gasteiger partial charge in [-0.05, 0) is 53.8 Å². The number of ether oxygens (including phenoxy) is 1. The molecule has 5 heteroatoms. The molecule has 0 aliphatic carbocycles. The van der Waals surface area contributed by atoms with Crippen molar-refractivity contribution in [2.45, 2.75) is 27.2 Å². The lowest BCUT2D eigenvalue weighted by Crippen LogP contribution is -2.42. The van der Waals surface area contributed by atoms with Crippen molar-refractivity contribution < 1.29 is 14.3 Å². The van der Waals surface area contributed by atoms with Gasteiger partial charge in [-0.15, -0.1) is 0 Å². The molecule has 0 aromatic rings. The van der Waals surface area contributed by atoms with Crippen molar-refractivity contribution in [2.24, 2.45) is 11.3 Å². The van der Waals surface area contributed by atoms with Crippen molar-refractivity contribution in [2.75, 3.05) is 46.9 Å². The predicted octanol–water partition coefficient (Wildman–Crippen LogP) is 1.03. The monoisotopic (exact) mass is 284 g/mol. The number of esters is 1. The van der Waals surface area contributed by atoms with E-state index in [4.69, 9.17) is 4.74 Å². The van der Waals surface area contributed by atoms with Crippen LogP contribution in [0.15, 0.2) is 0 Å². The average Bonchev–Trinajstić information content (AvgIpc) is 2.74. The molecule has 1 rings (SSSR count). The highest BCUT2D eigenvalue weighted by Gasteiger charge is 2.37. The second-order valence-electron chi connectivity index (χ2n) is 6.38. The van der Waals surface area contributed by atoms with Crippen LogP contribution in [0, 0.1) is 11.3 Å². The van der Waals surface area contributed by atoms with Crippen LogP contribution in [0.2, 0.25) is 0 Å². The minimum absolute atomic E-state index is 0.0789. The number of carbonyl (C=O) groups is 2. The molecule has 0 saturated carbocycles. The zero-order valence-electron chi connectivity index (χ0n) is 13.4. The van der Waals surface area contributed by atoms with Crippen LogP contribution in [0.4, 0.5) is 0 Å². The molecule has 1 atom stereocenters. The van der Waals surface area contributed by atoms with Crippen molar-refractivity contribution in [3.8, 4) is 0 Å². The molecule has 0 amide bonds. The van der Waals surface area contributed by atoms with E-state index >= 15 is 0 Å². The molecule has 1 heterocycles. The van der Waals surface area contributed by atoms with E-state index < -0.39 is 11.4 Å². The molecule has 1 saturated heterocycles. The second-order valence-corrected chi connectivity index (χ2v) is 6.38. The Kier molecular flexibility index (Phi) is 6.14. The summed E-state index contributed by atoms with van der Waals surface area (Å²) in [4.78, 5) is 28.4. The lowest BCUT2D eigenvalue weighted by molar-refractivity contribution is -0.158. The Hall–Kier alpha value is -0.940. The molecule has 20 heavy (non-hydrogen) atoms. The van der Waals surface area contributed by atoms with Gasteiger partial charge in [0.25, 0.3) is 0 Å². The number of likely N-dealkylation sites (tertiary alicyclic amines) is 1. The molecule has 5 nitrogen and oxygen atoms in total. The highest BCUT2D eigenvalue weighted by Crippen LogP contribution is 2.20. The number of hydrogen-bond acceptors (Lipinski definition) is 5. The normalized spacial score (nSPS) is 20.4. The van der Waals surface area contributed by atoms with E-state index in [1.807, 2.05) is 11.9 Å². The van der Waals surface area contributed by atoms with Crippen LogP contribution in [-0.4, -0.2) is 68.4 Å². The second kappa shape index (κ2) is 7.18. The zero-order valence-corrected chi connectivity index (χ0v) is 13.4. The van der Waals surface area contributed by atoms with E-state index in [0.29, 0.717) is 19.1 Å². The lowest BCUT2D eigenvalue weighted by atomic mass is 9.87. The van der Waals surface area contributed by atoms with Gasteiger partial charge in [-0.1, -0.05) is 0 Å². The predicted molar refractivity (Wildman–Crippen MR) is 78.5 cm³/mol. The Morgan fingerprint density at radius 1 is 1.40 bits per heavy atom. The van der Waals surface area contributed by atoms with E-state index in [0.717, 1.165) is 19.6 Å². The van der Waals surface area contributed by atoms with Crippen LogP contribution in [-0.2, 0) is 14.3 Å². The Morgan fingerprint density at radius 3 is 2.55 bits per heavy atom. The number of Topliss-reactive ketones (excluding diaryl/α,β-unsaturated/α-hetero) is 1. The topological polar surface area (TPSA) is 49.9 Å². The van der Waals surface area contributed by atoms with Crippen LogP contribution < -0.4 is 0 Å². The summed E-state index contributed by atoms with van der Waals surface area (Å²) < 4.78 is 4.97. The van der Waals surface area contributed by atoms with Crippen LogP contribution in [0.3, 0.4) is 0 Å². The molecule has 1 unspecified atom stereocenters. The Balaban J connectivity index is 2.46. The van der Waals surface area contributed by atoms with Crippen LogP contribution in [0.25, 0.3) is 0 Å². The van der Waals surface area contributed by atoms with Crippen molar-refractivity contribution in [1.82, 2.24) is 9.80 Å². The molecule has 0 aromatic carbocycles. The summed E-state index contributed by atoms with van der Waals surface area (Å²) in [5.41, 5.74) is -1.06. The van der Waals surface area contributed by atoms with Crippen LogP contribution in [0.5, 0.6) is 0 Å². The van der Waals surface area contributed by atoms with Gasteiger partial charge in [-0.3, -0.25) is 14.5 Å². The first kappa shape index (κ1) is 17.1. The number of carbonyl (C=O) groups excluding carboxylic acids is 2. The van der Waals surface area contributed by atoms with Crippen LogP contribution >= 0.6 is 0 Å². The van der Waals surface area contributed by atoms with Gasteiger partial charge in [0.15, 0.2) is 5.78 Å². The third-order valence-electron chi connectivity index (χ3n) is 3.96. The fourth-order valence-electron chi connectivity index (χ4n) is 2.55. The van der Waals surface area contributed by atoms with Crippen molar-refractivity contribution in [3.63, 3.8) is 0 Å². The molecule has 0 aromatic heterocycles. The van der Waals surface area contributed by atoms with Gasteiger partial charge in [-0.2, -0.15) is 0 Å². The maximum atomic E-state index is 12.3. The fourth-order valence-corrected chi connectivity index (χ4v) is 2.55. The third kappa shape index (κ3) is 4.56. The Labute approximate surface area is 122 Å². The lowest BCUT2D eigenvalue weighted by Gasteiger charge is -2.25. The zero-order chi connectivity index (χ0) is 15.3. The van der Waals surface area contributed by atoms with Crippen molar-refractivity contribution >= 4 is 11.8 Å². The summed E-state index contributed by atoms with van der Waals surface area (Å²) in [7, 11) is 4.06. The summed E-state index contributed by atoms with van der Waals surface area (Å²) in [5.74, 6) is 0.104. The number of likely N-dealkylation sites (N-methyl/N-ethyl adjacent to an activating group) is 1. The molecule has 0 bridgehead atoms. The molecule has 0 spiro atoms. The van der Waals surface area contributed by atoms with Gasteiger partial charge < -0.3 is 9.64 Å². The first-order valence-corrected chi connectivity index (χ1v) is 7.35. The van der Waals surface area contributed by atoms with Gasteiger partial charge in [0, 0.05) is 13.1 Å². The standard InChI is InChI=1S/C15H28N2O3/c1-6-20-14(19)15(2,3)13(18)11-17(5)10-12-7-8-16(4)9-12/h12H,6-11H2,1-5H3. The number of rotatable bonds is 7.